The number of aromatic nitrogens is 1. The van der Waals surface area contributed by atoms with Crippen LogP contribution in [0.4, 0.5) is 10.1 Å². The summed E-state index contributed by atoms with van der Waals surface area (Å²) >= 11 is 3.38. The number of oxazole rings is 1. The summed E-state index contributed by atoms with van der Waals surface area (Å²) in [4.78, 5) is 16.1. The number of nitrogens with one attached hydrogen (secondary N) is 1. The normalized spacial score (nSPS) is 10.6. The van der Waals surface area contributed by atoms with E-state index in [4.69, 9.17) is 4.42 Å². The molecule has 0 saturated heterocycles. The van der Waals surface area contributed by atoms with Gasteiger partial charge in [0.25, 0.3) is 0 Å². The van der Waals surface area contributed by atoms with E-state index in [1.807, 2.05) is 24.3 Å². The first-order valence-corrected chi connectivity index (χ1v) is 8.17. The third kappa shape index (κ3) is 3.89. The van der Waals surface area contributed by atoms with Gasteiger partial charge in [0.05, 0.1) is 17.4 Å². The van der Waals surface area contributed by atoms with Crippen LogP contribution < -0.4 is 5.32 Å². The van der Waals surface area contributed by atoms with E-state index in [9.17, 15) is 9.18 Å². The van der Waals surface area contributed by atoms with Gasteiger partial charge >= 0.3 is 0 Å². The summed E-state index contributed by atoms with van der Waals surface area (Å²) in [6.07, 6.45) is 2.03. The molecular formula is C18H14BrFN2O2. The maximum Gasteiger partial charge on any atom is 0.224 e. The molecule has 4 nitrogen and oxygen atoms in total. The number of halogens is 2. The lowest BCUT2D eigenvalue weighted by Crippen LogP contribution is -2.12. The van der Waals surface area contributed by atoms with Gasteiger partial charge in [0.2, 0.25) is 5.91 Å². The van der Waals surface area contributed by atoms with Crippen molar-refractivity contribution in [2.75, 3.05) is 5.32 Å². The first-order chi connectivity index (χ1) is 11.6. The predicted octanol–water partition coefficient (Wildman–Crippen LogP) is 4.81. The van der Waals surface area contributed by atoms with Gasteiger partial charge in [-0.15, -0.1) is 0 Å². The topological polar surface area (TPSA) is 55.1 Å². The number of hydrogen-bond donors (Lipinski definition) is 1. The molecule has 0 spiro atoms. The van der Waals surface area contributed by atoms with Crippen LogP contribution in [0.2, 0.25) is 0 Å². The Hall–Kier alpha value is -2.47. The minimum absolute atomic E-state index is 0.146. The number of benzene rings is 2. The van der Waals surface area contributed by atoms with Crippen molar-refractivity contribution in [1.82, 2.24) is 4.98 Å². The Kier molecular flexibility index (Phi) is 5.05. The Labute approximate surface area is 146 Å². The number of rotatable bonds is 5. The van der Waals surface area contributed by atoms with Gasteiger partial charge in [-0.3, -0.25) is 4.79 Å². The van der Waals surface area contributed by atoms with Crippen molar-refractivity contribution in [3.63, 3.8) is 0 Å². The van der Waals surface area contributed by atoms with Crippen LogP contribution in [0.25, 0.3) is 11.3 Å². The Balaban J connectivity index is 1.61. The molecule has 2 aromatic carbocycles. The standard InChI is InChI=1S/C18H14BrFN2O2/c19-13-6-2-4-8-15(13)22-17(23)9-10-18-21-11-16(24-18)12-5-1-3-7-14(12)20/h1-8,11H,9-10H2,(H,22,23). The molecule has 1 heterocycles. The Morgan fingerprint density at radius 2 is 1.92 bits per heavy atom. The zero-order valence-corrected chi connectivity index (χ0v) is 14.2. The van der Waals surface area contributed by atoms with E-state index < -0.39 is 0 Å². The quantitative estimate of drug-likeness (QED) is 0.681. The molecule has 1 amide bonds. The van der Waals surface area contributed by atoms with Gasteiger partial charge in [-0.25, -0.2) is 9.37 Å². The van der Waals surface area contributed by atoms with Crippen LogP contribution in [0.1, 0.15) is 12.3 Å². The molecule has 24 heavy (non-hydrogen) atoms. The molecule has 0 unspecified atom stereocenters. The molecule has 1 N–H and O–H groups in total. The van der Waals surface area contributed by atoms with Crippen LogP contribution in [0.15, 0.2) is 63.6 Å². The number of para-hydroxylation sites is 1. The molecule has 122 valence electrons. The van der Waals surface area contributed by atoms with E-state index in [0.717, 1.165) is 4.47 Å². The van der Waals surface area contributed by atoms with Crippen LogP contribution in [0.3, 0.4) is 0 Å². The number of aryl methyl sites for hydroxylation is 1. The molecule has 3 rings (SSSR count). The van der Waals surface area contributed by atoms with Gasteiger partial charge in [-0.2, -0.15) is 0 Å². The van der Waals surface area contributed by atoms with Gasteiger partial charge in [0.15, 0.2) is 11.7 Å². The molecule has 0 fully saturated rings. The summed E-state index contributed by atoms with van der Waals surface area (Å²) in [5.41, 5.74) is 1.07. The van der Waals surface area contributed by atoms with E-state index in [1.165, 1.54) is 12.3 Å². The third-order valence-corrected chi connectivity index (χ3v) is 4.10. The van der Waals surface area contributed by atoms with Crippen LogP contribution in [-0.4, -0.2) is 10.9 Å². The lowest BCUT2D eigenvalue weighted by atomic mass is 10.2. The lowest BCUT2D eigenvalue weighted by Gasteiger charge is -2.06. The second-order valence-electron chi connectivity index (χ2n) is 5.13. The van der Waals surface area contributed by atoms with E-state index in [0.29, 0.717) is 29.3 Å². The Bertz CT molecular complexity index is 863. The molecule has 1 aromatic heterocycles. The van der Waals surface area contributed by atoms with Gasteiger partial charge < -0.3 is 9.73 Å². The molecule has 0 bridgehead atoms. The van der Waals surface area contributed by atoms with Gasteiger partial charge in [0, 0.05) is 17.3 Å². The largest absolute Gasteiger partial charge is 0.441 e. The highest BCUT2D eigenvalue weighted by atomic mass is 79.9. The molecule has 3 aromatic rings. The first-order valence-electron chi connectivity index (χ1n) is 7.37. The Morgan fingerprint density at radius 3 is 2.71 bits per heavy atom. The number of nitrogens with zero attached hydrogens (tertiary/aromatic N) is 1. The van der Waals surface area contributed by atoms with E-state index in [1.54, 1.807) is 18.2 Å². The molecule has 0 aliphatic carbocycles. The van der Waals surface area contributed by atoms with E-state index in [2.05, 4.69) is 26.2 Å². The molecule has 0 saturated carbocycles. The molecule has 0 radical (unpaired) electrons. The van der Waals surface area contributed by atoms with Gasteiger partial charge in [-0.05, 0) is 40.2 Å². The fourth-order valence-corrected chi connectivity index (χ4v) is 2.59. The maximum absolute atomic E-state index is 13.7. The van der Waals surface area contributed by atoms with Crippen molar-refractivity contribution >= 4 is 27.5 Å². The summed E-state index contributed by atoms with van der Waals surface area (Å²) in [6, 6.07) is 13.7. The van der Waals surface area contributed by atoms with E-state index in [-0.39, 0.29) is 18.1 Å². The van der Waals surface area contributed by atoms with Crippen LogP contribution in [0, 0.1) is 5.82 Å². The molecule has 0 aliphatic heterocycles. The SMILES string of the molecule is O=C(CCc1ncc(-c2ccccc2F)o1)Nc1ccccc1Br. The van der Waals surface area contributed by atoms with Gasteiger partial charge in [0.1, 0.15) is 5.82 Å². The average Bonchev–Trinajstić information content (AvgIpc) is 3.04. The lowest BCUT2D eigenvalue weighted by molar-refractivity contribution is -0.116. The van der Waals surface area contributed by atoms with Crippen molar-refractivity contribution in [3.05, 3.63) is 70.9 Å². The average molecular weight is 389 g/mol. The minimum atomic E-state index is -0.369. The second kappa shape index (κ2) is 7.40. The fraction of sp³-hybridized carbons (Fsp3) is 0.111. The number of carbonyl (C=O) groups excluding carboxylic acids is 1. The van der Waals surface area contributed by atoms with Crippen molar-refractivity contribution in [2.24, 2.45) is 0 Å². The van der Waals surface area contributed by atoms with E-state index >= 15 is 0 Å². The number of hydrogen-bond acceptors (Lipinski definition) is 3. The first kappa shape index (κ1) is 16.4. The number of carbonyl (C=O) groups is 1. The minimum Gasteiger partial charge on any atom is -0.441 e. The molecular weight excluding hydrogens is 375 g/mol. The zero-order chi connectivity index (χ0) is 16.9. The highest BCUT2D eigenvalue weighted by molar-refractivity contribution is 9.10. The number of anilines is 1. The summed E-state index contributed by atoms with van der Waals surface area (Å²) in [6.45, 7) is 0. The summed E-state index contributed by atoms with van der Waals surface area (Å²) in [5, 5.41) is 2.81. The summed E-state index contributed by atoms with van der Waals surface area (Å²) in [7, 11) is 0. The second-order valence-corrected chi connectivity index (χ2v) is 5.98. The van der Waals surface area contributed by atoms with Crippen LogP contribution >= 0.6 is 15.9 Å². The summed E-state index contributed by atoms with van der Waals surface area (Å²) < 4.78 is 20.1. The van der Waals surface area contributed by atoms with Crippen LogP contribution in [0.5, 0.6) is 0 Å². The molecule has 0 aliphatic rings. The third-order valence-electron chi connectivity index (χ3n) is 3.41. The molecule has 0 atom stereocenters. The molecule has 6 heteroatoms. The zero-order valence-electron chi connectivity index (χ0n) is 12.6. The monoisotopic (exact) mass is 388 g/mol. The highest BCUT2D eigenvalue weighted by Crippen LogP contribution is 2.24. The highest BCUT2D eigenvalue weighted by Gasteiger charge is 2.12. The van der Waals surface area contributed by atoms with Crippen molar-refractivity contribution in [1.29, 1.82) is 0 Å². The Morgan fingerprint density at radius 1 is 1.17 bits per heavy atom. The van der Waals surface area contributed by atoms with Gasteiger partial charge in [-0.1, -0.05) is 24.3 Å². The number of amides is 1. The fourth-order valence-electron chi connectivity index (χ4n) is 2.21. The summed E-state index contributed by atoms with van der Waals surface area (Å²) in [5.74, 6) is 0.240. The maximum atomic E-state index is 13.7. The predicted molar refractivity (Wildman–Crippen MR) is 93.0 cm³/mol. The van der Waals surface area contributed by atoms with Crippen molar-refractivity contribution in [3.8, 4) is 11.3 Å². The smallest absolute Gasteiger partial charge is 0.224 e. The van der Waals surface area contributed by atoms with Crippen molar-refractivity contribution < 1.29 is 13.6 Å². The van der Waals surface area contributed by atoms with Crippen molar-refractivity contribution in [2.45, 2.75) is 12.8 Å². The van der Waals surface area contributed by atoms with Crippen LogP contribution in [-0.2, 0) is 11.2 Å².